The predicted octanol–water partition coefficient (Wildman–Crippen LogP) is 5.03. The number of anilines is 2. The lowest BCUT2D eigenvalue weighted by Crippen LogP contribution is -2.54. The van der Waals surface area contributed by atoms with Gasteiger partial charge in [-0.25, -0.2) is 14.3 Å². The van der Waals surface area contributed by atoms with Crippen LogP contribution in [0.2, 0.25) is 10.0 Å². The number of thiazole rings is 1. The number of halogens is 3. The number of aromatic nitrogens is 1. The first-order chi connectivity index (χ1) is 13.2. The molecule has 28 heavy (non-hydrogen) atoms. The minimum Gasteiger partial charge on any atom is -0.481 e. The smallest absolute Gasteiger partial charge is 0.307 e. The van der Waals surface area contributed by atoms with E-state index >= 15 is 0 Å². The van der Waals surface area contributed by atoms with E-state index in [9.17, 15) is 19.1 Å². The molecule has 1 aliphatic heterocycles. The van der Waals surface area contributed by atoms with Gasteiger partial charge in [-0.05, 0) is 31.2 Å². The average Bonchev–Trinajstić information content (AvgIpc) is 3.00. The van der Waals surface area contributed by atoms with E-state index in [4.69, 9.17) is 27.9 Å². The minimum absolute atomic E-state index is 0.133. The van der Waals surface area contributed by atoms with Gasteiger partial charge in [-0.3, -0.25) is 9.59 Å². The van der Waals surface area contributed by atoms with Crippen LogP contribution in [0.25, 0.3) is 10.2 Å². The molecule has 2 aromatic carbocycles. The number of hydrogen-bond donors (Lipinski definition) is 1. The van der Waals surface area contributed by atoms with Gasteiger partial charge in [-0.15, -0.1) is 0 Å². The van der Waals surface area contributed by atoms with E-state index in [0.717, 1.165) is 11.3 Å². The summed E-state index contributed by atoms with van der Waals surface area (Å²) in [6, 6.07) is 7.27. The number of carbonyl (C=O) groups is 2. The Balaban J connectivity index is 1.94. The first-order valence-corrected chi connectivity index (χ1v) is 9.56. The van der Waals surface area contributed by atoms with Crippen molar-refractivity contribution in [1.82, 2.24) is 4.98 Å². The van der Waals surface area contributed by atoms with Crippen LogP contribution in [0.15, 0.2) is 30.3 Å². The van der Waals surface area contributed by atoms with Gasteiger partial charge in [0.15, 0.2) is 22.3 Å². The van der Waals surface area contributed by atoms with E-state index in [1.807, 2.05) is 0 Å². The Kier molecular flexibility index (Phi) is 4.45. The van der Waals surface area contributed by atoms with Gasteiger partial charge in [0.25, 0.3) is 5.91 Å². The van der Waals surface area contributed by atoms with Gasteiger partial charge >= 0.3 is 5.97 Å². The molecule has 0 saturated carbocycles. The molecule has 0 radical (unpaired) electrons. The highest BCUT2D eigenvalue weighted by atomic mass is 35.5. The second-order valence-corrected chi connectivity index (χ2v) is 8.22. The molecule has 6 nitrogen and oxygen atoms in total. The van der Waals surface area contributed by atoms with Crippen LogP contribution in [0.3, 0.4) is 0 Å². The van der Waals surface area contributed by atoms with Gasteiger partial charge in [0, 0.05) is 5.02 Å². The highest BCUT2D eigenvalue weighted by Gasteiger charge is 2.48. The van der Waals surface area contributed by atoms with Crippen LogP contribution < -0.4 is 9.64 Å². The number of fused-ring (bicyclic) bond motifs is 2. The number of para-hydroxylation sites is 1. The molecule has 144 valence electrons. The number of ether oxygens (including phenoxy) is 1. The number of amides is 1. The third-order valence-electron chi connectivity index (χ3n) is 4.25. The maximum atomic E-state index is 14.4. The molecule has 4 rings (SSSR count). The first kappa shape index (κ1) is 18.9. The molecule has 1 amide bonds. The summed E-state index contributed by atoms with van der Waals surface area (Å²) in [6.45, 7) is 1.31. The van der Waals surface area contributed by atoms with Crippen LogP contribution in [0.1, 0.15) is 13.3 Å². The van der Waals surface area contributed by atoms with Crippen molar-refractivity contribution in [3.8, 4) is 5.75 Å². The van der Waals surface area contributed by atoms with Crippen LogP contribution in [0.4, 0.5) is 15.2 Å². The van der Waals surface area contributed by atoms with E-state index < -0.39 is 29.7 Å². The zero-order valence-electron chi connectivity index (χ0n) is 14.2. The SMILES string of the molecule is CC1(CC(=O)O)Oc2c(F)cccc2N(c2nc3c(Cl)cc(Cl)cc3s2)C1=O. The molecule has 1 aliphatic rings. The van der Waals surface area contributed by atoms with E-state index in [-0.39, 0.29) is 16.6 Å². The largest absolute Gasteiger partial charge is 0.481 e. The molecule has 0 saturated heterocycles. The summed E-state index contributed by atoms with van der Waals surface area (Å²) in [5.74, 6) is -2.85. The van der Waals surface area contributed by atoms with Crippen molar-refractivity contribution >= 4 is 67.5 Å². The Morgan fingerprint density at radius 3 is 2.86 bits per heavy atom. The molecule has 1 unspecified atom stereocenters. The minimum atomic E-state index is -1.81. The highest BCUT2D eigenvalue weighted by Crippen LogP contribution is 2.46. The summed E-state index contributed by atoms with van der Waals surface area (Å²) in [5, 5.41) is 10.1. The van der Waals surface area contributed by atoms with Gasteiger partial charge in [0.1, 0.15) is 5.52 Å². The summed E-state index contributed by atoms with van der Waals surface area (Å²) in [5.41, 5.74) is -1.24. The van der Waals surface area contributed by atoms with Crippen LogP contribution >= 0.6 is 34.5 Å². The maximum absolute atomic E-state index is 14.4. The highest BCUT2D eigenvalue weighted by molar-refractivity contribution is 7.22. The van der Waals surface area contributed by atoms with E-state index in [1.54, 1.807) is 6.07 Å². The summed E-state index contributed by atoms with van der Waals surface area (Å²) in [7, 11) is 0. The standard InChI is InChI=1S/C18H11Cl2FN2O4S/c1-18(7-13(24)25)16(26)23(11-4-2-3-10(21)15(11)27-18)17-22-14-9(20)5-8(19)6-12(14)28-17/h2-6H,7H2,1H3,(H,24,25). The Labute approximate surface area is 172 Å². The first-order valence-electron chi connectivity index (χ1n) is 7.99. The van der Waals surface area contributed by atoms with E-state index in [2.05, 4.69) is 4.98 Å². The average molecular weight is 441 g/mol. The normalized spacial score (nSPS) is 18.9. The van der Waals surface area contributed by atoms with Gasteiger partial charge in [0.2, 0.25) is 0 Å². The lowest BCUT2D eigenvalue weighted by atomic mass is 9.97. The fraction of sp³-hybridized carbons (Fsp3) is 0.167. The Morgan fingerprint density at radius 1 is 1.39 bits per heavy atom. The molecule has 10 heteroatoms. The fourth-order valence-electron chi connectivity index (χ4n) is 3.02. The quantitative estimate of drug-likeness (QED) is 0.617. The van der Waals surface area contributed by atoms with Crippen molar-refractivity contribution in [3.63, 3.8) is 0 Å². The van der Waals surface area contributed by atoms with Gasteiger partial charge in [0.05, 0.1) is 21.8 Å². The number of carboxylic acids is 1. The zero-order chi connectivity index (χ0) is 20.2. The Morgan fingerprint density at radius 2 is 2.14 bits per heavy atom. The summed E-state index contributed by atoms with van der Waals surface area (Å²) >= 11 is 13.4. The molecular formula is C18H11Cl2FN2O4S. The topological polar surface area (TPSA) is 79.7 Å². The van der Waals surface area contributed by atoms with Crippen LogP contribution in [0, 0.1) is 5.82 Å². The molecule has 2 heterocycles. The molecule has 1 aromatic heterocycles. The second-order valence-electron chi connectivity index (χ2n) is 6.36. The number of benzene rings is 2. The predicted molar refractivity (Wildman–Crippen MR) is 104 cm³/mol. The van der Waals surface area contributed by atoms with Gasteiger partial charge < -0.3 is 9.84 Å². The second kappa shape index (κ2) is 6.58. The monoisotopic (exact) mass is 440 g/mol. The van der Waals surface area contributed by atoms with Crippen molar-refractivity contribution in [2.24, 2.45) is 0 Å². The van der Waals surface area contributed by atoms with Crippen molar-refractivity contribution in [2.75, 3.05) is 4.90 Å². The number of nitrogens with zero attached hydrogens (tertiary/aromatic N) is 2. The Bertz CT molecular complexity index is 1150. The zero-order valence-corrected chi connectivity index (χ0v) is 16.5. The Hall–Kier alpha value is -2.42. The van der Waals surface area contributed by atoms with E-state index in [1.165, 1.54) is 36.1 Å². The van der Waals surface area contributed by atoms with Crippen LogP contribution in [-0.2, 0) is 9.59 Å². The van der Waals surface area contributed by atoms with Crippen LogP contribution in [-0.4, -0.2) is 27.6 Å². The number of carboxylic acid groups (broad SMARTS) is 1. The van der Waals surface area contributed by atoms with Crippen molar-refractivity contribution in [1.29, 1.82) is 0 Å². The fourth-order valence-corrected chi connectivity index (χ4v) is 4.72. The lowest BCUT2D eigenvalue weighted by Gasteiger charge is -2.38. The third-order valence-corrected chi connectivity index (χ3v) is 5.75. The van der Waals surface area contributed by atoms with Crippen molar-refractivity contribution in [3.05, 3.63) is 46.2 Å². The molecule has 0 spiro atoms. The van der Waals surface area contributed by atoms with Crippen LogP contribution in [0.5, 0.6) is 5.75 Å². The van der Waals surface area contributed by atoms with Crippen molar-refractivity contribution < 1.29 is 23.8 Å². The molecule has 3 aromatic rings. The number of hydrogen-bond acceptors (Lipinski definition) is 5. The summed E-state index contributed by atoms with van der Waals surface area (Å²) < 4.78 is 20.6. The molecule has 1 N–H and O–H groups in total. The molecular weight excluding hydrogens is 430 g/mol. The van der Waals surface area contributed by atoms with Crippen molar-refractivity contribution in [2.45, 2.75) is 18.9 Å². The van der Waals surface area contributed by atoms with E-state index in [0.29, 0.717) is 20.3 Å². The number of carbonyl (C=O) groups excluding carboxylic acids is 1. The molecule has 0 fully saturated rings. The van der Waals surface area contributed by atoms with Gasteiger partial charge in [-0.2, -0.15) is 0 Å². The number of aliphatic carboxylic acids is 1. The lowest BCUT2D eigenvalue weighted by molar-refractivity contribution is -0.148. The van der Waals surface area contributed by atoms with Gasteiger partial charge in [-0.1, -0.05) is 40.6 Å². The third kappa shape index (κ3) is 2.97. The summed E-state index contributed by atoms with van der Waals surface area (Å²) in [4.78, 5) is 30.1. The summed E-state index contributed by atoms with van der Waals surface area (Å²) in [6.07, 6.45) is -0.645. The maximum Gasteiger partial charge on any atom is 0.307 e. The number of rotatable bonds is 3. The molecule has 0 bridgehead atoms. The molecule has 1 atom stereocenters. The molecule has 0 aliphatic carbocycles.